The van der Waals surface area contributed by atoms with Gasteiger partial charge in [0.1, 0.15) is 6.61 Å². The first-order chi connectivity index (χ1) is 42.6. The number of rotatable bonds is 17. The second-order valence-corrected chi connectivity index (χ2v) is 21.3. The van der Waals surface area contributed by atoms with E-state index >= 15 is 0 Å². The van der Waals surface area contributed by atoms with Crippen LogP contribution in [0.25, 0.3) is 66.5 Å². The van der Waals surface area contributed by atoms with Crippen molar-refractivity contribution in [1.29, 1.82) is 0 Å². The highest BCUT2D eigenvalue weighted by atomic mass is 16.6. The van der Waals surface area contributed by atoms with Gasteiger partial charge in [0.2, 0.25) is 17.8 Å². The van der Waals surface area contributed by atoms with E-state index in [1.807, 2.05) is 101 Å². The van der Waals surface area contributed by atoms with Gasteiger partial charge in [-0.25, -0.2) is 29.3 Å². The molecule has 450 valence electrons. The van der Waals surface area contributed by atoms with Gasteiger partial charge in [0.05, 0.1) is 50.2 Å². The predicted octanol–water partition coefficient (Wildman–Crippen LogP) is 12.2. The van der Waals surface area contributed by atoms with Crippen LogP contribution in [0.1, 0.15) is 109 Å². The number of H-pyrrole nitrogens is 3. The predicted molar refractivity (Wildman–Crippen MR) is 338 cm³/mol. The minimum atomic E-state index is -0.326. The Morgan fingerprint density at radius 2 is 0.816 bits per heavy atom. The summed E-state index contributed by atoms with van der Waals surface area (Å²) in [5, 5.41) is 47.7. The molecule has 0 aliphatic heterocycles. The first kappa shape index (κ1) is 59.9. The Morgan fingerprint density at radius 1 is 0.483 bits per heavy atom. The number of imidazole rings is 3. The molecule has 87 heavy (non-hydrogen) atoms. The summed E-state index contributed by atoms with van der Waals surface area (Å²) >= 11 is 0. The van der Waals surface area contributed by atoms with E-state index in [1.165, 1.54) is 0 Å². The Balaban J connectivity index is 0.000000144. The topological polar surface area (TPSA) is 335 Å². The number of benzene rings is 3. The number of urea groups is 3. The summed E-state index contributed by atoms with van der Waals surface area (Å²) in [7, 11) is 0. The maximum atomic E-state index is 11.9. The van der Waals surface area contributed by atoms with Crippen LogP contribution >= 0.6 is 0 Å². The number of amides is 6. The first-order valence-corrected chi connectivity index (χ1v) is 29.7. The lowest BCUT2D eigenvalue weighted by Gasteiger charge is -2.13. The van der Waals surface area contributed by atoms with Crippen LogP contribution in [0, 0.1) is 17.8 Å². The molecule has 6 aromatic heterocycles. The summed E-state index contributed by atoms with van der Waals surface area (Å²) in [6, 6.07) is 22.7. The summed E-state index contributed by atoms with van der Waals surface area (Å²) < 4.78 is 0. The molecular weight excluding hydrogens is 1100 g/mol. The molecule has 12 rings (SSSR count). The highest BCUT2D eigenvalue weighted by Crippen LogP contribution is 2.39. The lowest BCUT2D eigenvalue weighted by atomic mass is 9.92. The average molecular weight is 1180 g/mol. The van der Waals surface area contributed by atoms with Crippen molar-refractivity contribution in [2.45, 2.75) is 91.9 Å². The van der Waals surface area contributed by atoms with E-state index in [-0.39, 0.29) is 29.9 Å². The molecule has 6 amide bonds. The fourth-order valence-corrected chi connectivity index (χ4v) is 11.1. The number of aromatic amines is 3. The van der Waals surface area contributed by atoms with Gasteiger partial charge in [-0.1, -0.05) is 59.3 Å². The molecule has 0 bridgehead atoms. The molecule has 9 aromatic rings. The fourth-order valence-electron chi connectivity index (χ4n) is 11.1. The Bertz CT molecular complexity index is 3750. The second kappa shape index (κ2) is 28.5. The van der Waals surface area contributed by atoms with Crippen LogP contribution in [0.3, 0.4) is 0 Å². The van der Waals surface area contributed by atoms with Gasteiger partial charge in [-0.3, -0.25) is 30.9 Å². The minimum Gasteiger partial charge on any atom is -0.411 e. The Labute approximate surface area is 502 Å². The smallest absolute Gasteiger partial charge is 0.321 e. The number of oxime groups is 3. The molecule has 3 aliphatic carbocycles. The van der Waals surface area contributed by atoms with E-state index in [1.54, 1.807) is 31.0 Å². The van der Waals surface area contributed by atoms with Crippen molar-refractivity contribution >= 4 is 86.2 Å². The first-order valence-electron chi connectivity index (χ1n) is 29.7. The molecule has 11 N–H and O–H groups in total. The number of nitrogens with zero attached hydrogens (tertiary/aromatic N) is 9. The molecule has 24 nitrogen and oxygen atoms in total. The van der Waals surface area contributed by atoms with Crippen LogP contribution in [-0.2, 0) is 4.84 Å². The number of hydrogen-bond acceptors (Lipinski definition) is 15. The molecule has 0 spiro atoms. The Kier molecular flexibility index (Phi) is 19.6. The summed E-state index contributed by atoms with van der Waals surface area (Å²) in [5.74, 6) is 1.85. The van der Waals surface area contributed by atoms with Crippen molar-refractivity contribution in [2.75, 3.05) is 42.2 Å². The molecule has 3 fully saturated rings. The van der Waals surface area contributed by atoms with E-state index in [9.17, 15) is 24.8 Å². The zero-order valence-electron chi connectivity index (χ0n) is 49.1. The average Bonchev–Trinajstić information content (AvgIpc) is 1.97. The number of carbonyl (C=O) groups excluding carboxylic acids is 3. The third kappa shape index (κ3) is 14.6. The lowest BCUT2D eigenvalue weighted by molar-refractivity contribution is 0.158. The second-order valence-electron chi connectivity index (χ2n) is 21.3. The van der Waals surface area contributed by atoms with Crippen molar-refractivity contribution in [3.8, 4) is 33.4 Å². The van der Waals surface area contributed by atoms with Gasteiger partial charge in [-0.15, -0.1) is 0 Å². The molecule has 0 radical (unpaired) electrons. The van der Waals surface area contributed by atoms with Gasteiger partial charge in [-0.05, 0) is 138 Å². The van der Waals surface area contributed by atoms with Gasteiger partial charge in [0.15, 0.2) is 0 Å². The zero-order chi connectivity index (χ0) is 60.7. The molecule has 6 heterocycles. The summed E-state index contributed by atoms with van der Waals surface area (Å²) in [4.78, 5) is 77.1. The summed E-state index contributed by atoms with van der Waals surface area (Å²) in [6.45, 7) is 9.56. The highest BCUT2D eigenvalue weighted by molar-refractivity contribution is 6.14. The van der Waals surface area contributed by atoms with Crippen molar-refractivity contribution in [1.82, 2.24) is 60.8 Å². The number of fused-ring (bicyclic) bond motifs is 3. The Hall–Kier alpha value is -10.3. The van der Waals surface area contributed by atoms with E-state index < -0.39 is 0 Å². The fraction of sp³-hybridized carbons (Fsp3) is 0.333. The number of anilines is 3. The van der Waals surface area contributed by atoms with E-state index in [0.717, 1.165) is 142 Å². The maximum absolute atomic E-state index is 11.9. The van der Waals surface area contributed by atoms with Crippen molar-refractivity contribution in [2.24, 2.45) is 33.2 Å². The van der Waals surface area contributed by atoms with Gasteiger partial charge in [0.25, 0.3) is 0 Å². The van der Waals surface area contributed by atoms with Gasteiger partial charge in [0, 0.05) is 108 Å². The number of nitrogens with one attached hydrogen (secondary N) is 9. The molecule has 0 atom stereocenters. The Morgan fingerprint density at radius 3 is 1.10 bits per heavy atom. The molecule has 3 saturated carbocycles. The largest absolute Gasteiger partial charge is 0.411 e. The molecule has 0 saturated heterocycles. The number of pyridine rings is 3. The van der Waals surface area contributed by atoms with Crippen LogP contribution < -0.4 is 31.9 Å². The maximum Gasteiger partial charge on any atom is 0.321 e. The lowest BCUT2D eigenvalue weighted by Crippen LogP contribution is -2.28. The molecular formula is C63H72N18O6. The monoisotopic (exact) mass is 1180 g/mol. The van der Waals surface area contributed by atoms with Crippen LogP contribution in [-0.4, -0.2) is 117 Å². The number of hydrogen-bond donors (Lipinski definition) is 11. The molecule has 24 heteroatoms. The van der Waals surface area contributed by atoms with Crippen LogP contribution in [0.4, 0.5) is 32.2 Å². The van der Waals surface area contributed by atoms with Crippen molar-refractivity contribution < 1.29 is 29.6 Å². The quantitative estimate of drug-likeness (QED) is 0.0230. The van der Waals surface area contributed by atoms with Crippen molar-refractivity contribution in [3.05, 3.63) is 127 Å². The van der Waals surface area contributed by atoms with E-state index in [0.29, 0.717) is 72.5 Å². The normalized spacial score (nSPS) is 14.7. The molecule has 3 aromatic carbocycles. The van der Waals surface area contributed by atoms with Crippen molar-refractivity contribution in [3.63, 3.8) is 0 Å². The number of aromatic nitrogens is 9. The van der Waals surface area contributed by atoms with Crippen LogP contribution in [0.15, 0.2) is 125 Å². The van der Waals surface area contributed by atoms with Crippen LogP contribution in [0.2, 0.25) is 0 Å². The summed E-state index contributed by atoms with van der Waals surface area (Å²) in [6.07, 6.45) is 21.3. The molecule has 0 unspecified atom stereocenters. The molecule has 3 aliphatic rings. The zero-order valence-corrected chi connectivity index (χ0v) is 49.1. The van der Waals surface area contributed by atoms with Gasteiger partial charge in [-0.2, -0.15) is 0 Å². The number of carbonyl (C=O) groups is 3. The highest BCUT2D eigenvalue weighted by Gasteiger charge is 2.32. The van der Waals surface area contributed by atoms with Crippen LogP contribution in [0.5, 0.6) is 0 Å². The van der Waals surface area contributed by atoms with Gasteiger partial charge < -0.3 is 46.2 Å². The SMILES string of the molecule is CCNC(=O)Nc1nc2c(/C(=N/O)C3CCCC3)cc(-c3cccnc3)cc2[nH]1.CCNC(=O)Nc1nc2c(/C(=N/OCC)C3CC3)cc(-c3cccnc3)cc2[nH]1.CCNC(=O)Nc1nc2c(/C(=N\O)C3CCCC3)cc(-c3cccnc3)cc2[nH]1. The van der Waals surface area contributed by atoms with E-state index in [4.69, 9.17) is 4.84 Å². The third-order valence-corrected chi connectivity index (χ3v) is 15.2. The standard InChI is InChI=1S/3C21H24N6O2/c1-3-23-21(28)26-20-24-17-11-15(14-6-5-9-22-12-14)10-16(19(17)25-20)18(13-7-8-13)27-29-4-2;2*1-2-23-21(28)26-20-24-17-11-15(14-8-5-9-22-12-14)10-16(19(17)25-20)18(27-29)13-6-3-4-7-13/h5-6,9-13H,3-4,7-8H2,1-2H3,(H3,23,24,25,26,28);2*5,8-13,29H,2-4,6-7H2,1H3,(H3,23,24,25,26,28)/b2*27-18+;27-18-. The van der Waals surface area contributed by atoms with E-state index in [2.05, 4.69) is 98.3 Å². The van der Waals surface area contributed by atoms with Gasteiger partial charge >= 0.3 is 18.1 Å². The minimum absolute atomic E-state index is 0.198. The summed E-state index contributed by atoms with van der Waals surface area (Å²) in [5.41, 5.74) is 14.9. The third-order valence-electron chi connectivity index (χ3n) is 15.2.